The van der Waals surface area contributed by atoms with Crippen molar-refractivity contribution < 1.29 is 4.74 Å². The first-order chi connectivity index (χ1) is 12.3. The summed E-state index contributed by atoms with van der Waals surface area (Å²) >= 11 is 0. The number of aliphatic imine (C=N–C) groups is 1. The van der Waals surface area contributed by atoms with Gasteiger partial charge in [-0.3, -0.25) is 0 Å². The largest absolute Gasteiger partial charge is 0.382 e. The van der Waals surface area contributed by atoms with Gasteiger partial charge in [-0.2, -0.15) is 0 Å². The Morgan fingerprint density at radius 2 is 2.04 bits per heavy atom. The van der Waals surface area contributed by atoms with E-state index in [4.69, 9.17) is 9.73 Å². The molecule has 0 unspecified atom stereocenters. The third kappa shape index (κ3) is 7.74. The monoisotopic (exact) mass is 471 g/mol. The lowest BCUT2D eigenvalue weighted by atomic mass is 10.2. The zero-order chi connectivity index (χ0) is 17.7. The van der Waals surface area contributed by atoms with Gasteiger partial charge < -0.3 is 19.9 Å². The van der Waals surface area contributed by atoms with Gasteiger partial charge in [0.15, 0.2) is 5.96 Å². The van der Waals surface area contributed by atoms with Crippen molar-refractivity contribution in [3.63, 3.8) is 0 Å². The van der Waals surface area contributed by atoms with Crippen LogP contribution in [0.4, 0.5) is 0 Å². The first kappa shape index (κ1) is 22.4. The van der Waals surface area contributed by atoms with Crippen LogP contribution in [0.2, 0.25) is 0 Å². The van der Waals surface area contributed by atoms with Crippen molar-refractivity contribution >= 4 is 29.9 Å². The molecule has 2 aromatic rings. The van der Waals surface area contributed by atoms with Crippen LogP contribution in [0.15, 0.2) is 48.0 Å². The van der Waals surface area contributed by atoms with Crippen LogP contribution in [0.5, 0.6) is 0 Å². The van der Waals surface area contributed by atoms with E-state index in [1.165, 1.54) is 0 Å². The van der Waals surface area contributed by atoms with Crippen molar-refractivity contribution in [1.82, 2.24) is 20.2 Å². The summed E-state index contributed by atoms with van der Waals surface area (Å²) in [6.45, 7) is 8.05. The molecule has 2 N–H and O–H groups in total. The molecule has 0 atom stereocenters. The molecule has 0 aliphatic carbocycles. The van der Waals surface area contributed by atoms with Gasteiger partial charge in [0, 0.05) is 38.7 Å². The molecule has 0 amide bonds. The number of hydrogen-bond donors (Lipinski definition) is 2. The lowest BCUT2D eigenvalue weighted by molar-refractivity contribution is 0.143. The maximum absolute atomic E-state index is 5.36. The molecule has 0 aliphatic rings. The van der Waals surface area contributed by atoms with E-state index in [0.29, 0.717) is 6.54 Å². The van der Waals surface area contributed by atoms with Gasteiger partial charge in [0.05, 0.1) is 18.6 Å². The van der Waals surface area contributed by atoms with E-state index in [2.05, 4.69) is 34.7 Å². The highest BCUT2D eigenvalue weighted by Crippen LogP contribution is 2.14. The number of para-hydroxylation sites is 1. The van der Waals surface area contributed by atoms with Crippen LogP contribution in [0.1, 0.15) is 32.3 Å². The minimum Gasteiger partial charge on any atom is -0.382 e. The lowest BCUT2D eigenvalue weighted by Crippen LogP contribution is -2.37. The van der Waals surface area contributed by atoms with Gasteiger partial charge in [-0.1, -0.05) is 18.2 Å². The molecule has 0 aliphatic heterocycles. The highest BCUT2D eigenvalue weighted by atomic mass is 127. The predicted octanol–water partition coefficient (Wildman–Crippen LogP) is 3.36. The zero-order valence-electron chi connectivity index (χ0n) is 15.6. The Labute approximate surface area is 173 Å². The average molecular weight is 471 g/mol. The van der Waals surface area contributed by atoms with Gasteiger partial charge in [0.25, 0.3) is 0 Å². The molecule has 2 rings (SSSR count). The van der Waals surface area contributed by atoms with Crippen molar-refractivity contribution in [2.45, 2.75) is 33.2 Å². The van der Waals surface area contributed by atoms with Crippen LogP contribution in [0, 0.1) is 0 Å². The summed E-state index contributed by atoms with van der Waals surface area (Å²) in [6, 6.07) is 8.26. The van der Waals surface area contributed by atoms with Crippen LogP contribution in [-0.2, 0) is 11.3 Å². The van der Waals surface area contributed by atoms with Crippen LogP contribution in [0.3, 0.4) is 0 Å². The Hall–Kier alpha value is -1.61. The zero-order valence-corrected chi connectivity index (χ0v) is 18.0. The number of nitrogens with one attached hydrogen (secondary N) is 2. The third-order valence-corrected chi connectivity index (χ3v) is 3.74. The molecule has 144 valence electrons. The Kier molecular flexibility index (Phi) is 11.7. The number of hydrogen-bond acceptors (Lipinski definition) is 3. The summed E-state index contributed by atoms with van der Waals surface area (Å²) in [6.07, 6.45) is 7.67. The van der Waals surface area contributed by atoms with Crippen LogP contribution in [0.25, 0.3) is 5.69 Å². The molecule has 6 nitrogen and oxygen atoms in total. The van der Waals surface area contributed by atoms with Crippen molar-refractivity contribution in [3.8, 4) is 5.69 Å². The molecule has 0 saturated heterocycles. The van der Waals surface area contributed by atoms with Crippen LogP contribution in [-0.4, -0.2) is 41.8 Å². The minimum atomic E-state index is 0. The standard InChI is InChI=1S/C19H29N5O.HI/c1-3-21-19(22-11-7-8-14-25-4-2)23-15-17-9-5-6-10-18(17)24-13-12-20-16-24;/h5-6,9-10,12-13,16H,3-4,7-8,11,14-15H2,1-2H3,(H2,21,22,23);1H. The number of ether oxygens (including phenoxy) is 1. The second-order valence-corrected chi connectivity index (χ2v) is 5.62. The first-order valence-electron chi connectivity index (χ1n) is 9.01. The molecule has 7 heteroatoms. The van der Waals surface area contributed by atoms with Crippen molar-refractivity contribution in [2.24, 2.45) is 4.99 Å². The number of nitrogens with zero attached hydrogens (tertiary/aromatic N) is 3. The minimum absolute atomic E-state index is 0. The molecular formula is C19H30IN5O. The molecule has 1 aromatic heterocycles. The summed E-state index contributed by atoms with van der Waals surface area (Å²) in [7, 11) is 0. The van der Waals surface area contributed by atoms with Crippen LogP contribution >= 0.6 is 24.0 Å². The van der Waals surface area contributed by atoms with Crippen molar-refractivity contribution in [2.75, 3.05) is 26.3 Å². The first-order valence-corrected chi connectivity index (χ1v) is 9.01. The topological polar surface area (TPSA) is 63.5 Å². The molecule has 0 saturated carbocycles. The Bertz CT molecular complexity index is 631. The Balaban J connectivity index is 0.00000338. The lowest BCUT2D eigenvalue weighted by Gasteiger charge is -2.12. The maximum Gasteiger partial charge on any atom is 0.191 e. The van der Waals surface area contributed by atoms with E-state index in [9.17, 15) is 0 Å². The fourth-order valence-electron chi connectivity index (χ4n) is 2.48. The number of guanidine groups is 1. The van der Waals surface area contributed by atoms with Gasteiger partial charge in [-0.25, -0.2) is 9.98 Å². The predicted molar refractivity (Wildman–Crippen MR) is 118 cm³/mol. The number of halogens is 1. The number of unbranched alkanes of at least 4 members (excludes halogenated alkanes) is 1. The number of aromatic nitrogens is 2. The second-order valence-electron chi connectivity index (χ2n) is 5.62. The fraction of sp³-hybridized carbons (Fsp3) is 0.474. The summed E-state index contributed by atoms with van der Waals surface area (Å²) in [5.74, 6) is 0.847. The molecule has 1 aromatic carbocycles. The molecule has 0 radical (unpaired) electrons. The molecule has 0 spiro atoms. The second kappa shape index (κ2) is 13.6. The summed E-state index contributed by atoms with van der Waals surface area (Å²) < 4.78 is 7.37. The summed E-state index contributed by atoms with van der Waals surface area (Å²) in [5.41, 5.74) is 2.27. The number of rotatable bonds is 10. The van der Waals surface area contributed by atoms with E-state index in [0.717, 1.165) is 56.4 Å². The maximum atomic E-state index is 5.36. The normalized spacial score (nSPS) is 11.1. The van der Waals surface area contributed by atoms with Crippen LogP contribution < -0.4 is 10.6 Å². The van der Waals surface area contributed by atoms with Crippen molar-refractivity contribution in [1.29, 1.82) is 0 Å². The van der Waals surface area contributed by atoms with E-state index >= 15 is 0 Å². The third-order valence-electron chi connectivity index (χ3n) is 3.74. The van der Waals surface area contributed by atoms with Crippen molar-refractivity contribution in [3.05, 3.63) is 48.5 Å². The average Bonchev–Trinajstić information content (AvgIpc) is 3.17. The molecule has 26 heavy (non-hydrogen) atoms. The van der Waals surface area contributed by atoms with E-state index in [1.54, 1.807) is 6.20 Å². The molecule has 0 fully saturated rings. The van der Waals surface area contributed by atoms with E-state index < -0.39 is 0 Å². The molecular weight excluding hydrogens is 441 g/mol. The quantitative estimate of drug-likeness (QED) is 0.242. The van der Waals surface area contributed by atoms with Gasteiger partial charge in [-0.05, 0) is 38.3 Å². The van der Waals surface area contributed by atoms with E-state index in [1.807, 2.05) is 36.1 Å². The fourth-order valence-corrected chi connectivity index (χ4v) is 2.48. The summed E-state index contributed by atoms with van der Waals surface area (Å²) in [4.78, 5) is 8.85. The molecule has 1 heterocycles. The van der Waals surface area contributed by atoms with Gasteiger partial charge in [0.1, 0.15) is 0 Å². The van der Waals surface area contributed by atoms with Gasteiger partial charge >= 0.3 is 0 Å². The van der Waals surface area contributed by atoms with Gasteiger partial charge in [0.2, 0.25) is 0 Å². The molecule has 0 bridgehead atoms. The van der Waals surface area contributed by atoms with E-state index in [-0.39, 0.29) is 24.0 Å². The number of benzene rings is 1. The highest BCUT2D eigenvalue weighted by Gasteiger charge is 2.04. The highest BCUT2D eigenvalue weighted by molar-refractivity contribution is 14.0. The van der Waals surface area contributed by atoms with Gasteiger partial charge in [-0.15, -0.1) is 24.0 Å². The Morgan fingerprint density at radius 1 is 1.19 bits per heavy atom. The SMILES string of the molecule is CCNC(=NCc1ccccc1-n1ccnc1)NCCCCOCC.I. The smallest absolute Gasteiger partial charge is 0.191 e. The number of imidazole rings is 1. The summed E-state index contributed by atoms with van der Waals surface area (Å²) in [5, 5.41) is 6.68. The Morgan fingerprint density at radius 3 is 2.77 bits per heavy atom.